The third kappa shape index (κ3) is 2.50. The molecule has 3 rings (SSSR count). The summed E-state index contributed by atoms with van der Waals surface area (Å²) >= 11 is 3.42. The van der Waals surface area contributed by atoms with E-state index in [-0.39, 0.29) is 5.41 Å². The zero-order chi connectivity index (χ0) is 13.3. The summed E-state index contributed by atoms with van der Waals surface area (Å²) in [6.45, 7) is 0. The Morgan fingerprint density at radius 3 is 2.21 bits per heavy atom. The number of hydrogen-bond acceptors (Lipinski definition) is 1. The van der Waals surface area contributed by atoms with Gasteiger partial charge in [-0.25, -0.2) is 0 Å². The molecule has 2 heteroatoms. The van der Waals surface area contributed by atoms with Crippen LogP contribution in [0.4, 0.5) is 0 Å². The third-order valence-electron chi connectivity index (χ3n) is 3.89. The Bertz CT molecular complexity index is 582. The Kier molecular flexibility index (Phi) is 3.28. The molecule has 0 bridgehead atoms. The highest BCUT2D eigenvalue weighted by atomic mass is 79.9. The van der Waals surface area contributed by atoms with Crippen molar-refractivity contribution in [2.45, 2.75) is 24.7 Å². The molecule has 2 aromatic carbocycles. The first-order chi connectivity index (χ1) is 9.21. The summed E-state index contributed by atoms with van der Waals surface area (Å²) in [4.78, 5) is 12.6. The van der Waals surface area contributed by atoms with Gasteiger partial charge >= 0.3 is 0 Å². The molecule has 1 aliphatic rings. The number of benzene rings is 2. The van der Waals surface area contributed by atoms with Gasteiger partial charge in [0.15, 0.2) is 0 Å². The topological polar surface area (TPSA) is 17.1 Å². The van der Waals surface area contributed by atoms with Crippen LogP contribution in [-0.4, -0.2) is 5.78 Å². The van der Waals surface area contributed by atoms with Gasteiger partial charge in [-0.1, -0.05) is 58.4 Å². The molecular formula is C17H15BrO. The zero-order valence-electron chi connectivity index (χ0n) is 10.6. The summed E-state index contributed by atoms with van der Waals surface area (Å²) in [5, 5.41) is 0. The van der Waals surface area contributed by atoms with Gasteiger partial charge in [0.25, 0.3) is 0 Å². The molecule has 0 saturated heterocycles. The maximum Gasteiger partial charge on any atom is 0.147 e. The number of rotatable bonds is 4. The predicted molar refractivity (Wildman–Crippen MR) is 80.2 cm³/mol. The molecule has 96 valence electrons. The van der Waals surface area contributed by atoms with Gasteiger partial charge in [0, 0.05) is 10.9 Å². The highest BCUT2D eigenvalue weighted by molar-refractivity contribution is 9.10. The van der Waals surface area contributed by atoms with Gasteiger partial charge in [-0.3, -0.25) is 4.79 Å². The summed E-state index contributed by atoms with van der Waals surface area (Å²) in [6, 6.07) is 18.2. The van der Waals surface area contributed by atoms with Gasteiger partial charge in [0.05, 0.1) is 5.41 Å². The molecule has 0 heterocycles. The zero-order valence-corrected chi connectivity index (χ0v) is 12.2. The maximum absolute atomic E-state index is 12.6. The van der Waals surface area contributed by atoms with Gasteiger partial charge in [0.1, 0.15) is 5.78 Å². The molecule has 2 aromatic rings. The van der Waals surface area contributed by atoms with Crippen LogP contribution in [0.1, 0.15) is 24.0 Å². The third-order valence-corrected chi connectivity index (χ3v) is 4.42. The molecule has 0 atom stereocenters. The summed E-state index contributed by atoms with van der Waals surface area (Å²) in [5.41, 5.74) is 2.07. The first-order valence-corrected chi connectivity index (χ1v) is 7.33. The number of hydrogen-bond donors (Lipinski definition) is 0. The fourth-order valence-corrected chi connectivity index (χ4v) is 2.83. The van der Waals surface area contributed by atoms with E-state index in [2.05, 4.69) is 28.1 Å². The molecular weight excluding hydrogens is 300 g/mol. The quantitative estimate of drug-likeness (QED) is 0.822. The standard InChI is InChI=1S/C17H15BrO/c18-15-8-6-13(7-9-15)12-16(19)17(10-11-17)14-4-2-1-3-5-14/h1-9H,10-12H2. The van der Waals surface area contributed by atoms with Gasteiger partial charge in [0.2, 0.25) is 0 Å². The van der Waals surface area contributed by atoms with Crippen molar-refractivity contribution in [3.63, 3.8) is 0 Å². The minimum Gasteiger partial charge on any atom is -0.298 e. The number of halogens is 1. The summed E-state index contributed by atoms with van der Waals surface area (Å²) in [6.07, 6.45) is 2.51. The average Bonchev–Trinajstić information content (AvgIpc) is 3.24. The lowest BCUT2D eigenvalue weighted by molar-refractivity contribution is -0.120. The predicted octanol–water partition coefficient (Wildman–Crippen LogP) is 4.29. The monoisotopic (exact) mass is 314 g/mol. The Morgan fingerprint density at radius 2 is 1.63 bits per heavy atom. The van der Waals surface area contributed by atoms with E-state index in [4.69, 9.17) is 0 Å². The van der Waals surface area contributed by atoms with Gasteiger partial charge in [-0.05, 0) is 36.1 Å². The highest BCUT2D eigenvalue weighted by Gasteiger charge is 2.50. The first-order valence-electron chi connectivity index (χ1n) is 6.54. The minimum atomic E-state index is -0.200. The molecule has 19 heavy (non-hydrogen) atoms. The second kappa shape index (κ2) is 4.93. The van der Waals surface area contributed by atoms with Crippen molar-refractivity contribution in [3.05, 3.63) is 70.2 Å². The van der Waals surface area contributed by atoms with Crippen LogP contribution in [0, 0.1) is 0 Å². The van der Waals surface area contributed by atoms with Gasteiger partial charge < -0.3 is 0 Å². The fourth-order valence-electron chi connectivity index (χ4n) is 2.57. The van der Waals surface area contributed by atoms with E-state index < -0.39 is 0 Å². The van der Waals surface area contributed by atoms with Crippen molar-refractivity contribution in [2.24, 2.45) is 0 Å². The lowest BCUT2D eigenvalue weighted by Crippen LogP contribution is -2.22. The van der Waals surface area contributed by atoms with Crippen LogP contribution in [0.25, 0.3) is 0 Å². The second-order valence-electron chi connectivity index (χ2n) is 5.17. The number of Topliss-reactive ketones (excluding diaryl/α,β-unsaturated/α-hetero) is 1. The van der Waals surface area contributed by atoms with Crippen LogP contribution in [-0.2, 0) is 16.6 Å². The average molecular weight is 315 g/mol. The molecule has 1 fully saturated rings. The summed E-state index contributed by atoms with van der Waals surface area (Å²) in [7, 11) is 0. The molecule has 0 aromatic heterocycles. The van der Waals surface area contributed by atoms with E-state index in [1.807, 2.05) is 42.5 Å². The van der Waals surface area contributed by atoms with E-state index in [1.165, 1.54) is 5.56 Å². The Hall–Kier alpha value is -1.41. The van der Waals surface area contributed by atoms with Crippen molar-refractivity contribution < 1.29 is 4.79 Å². The van der Waals surface area contributed by atoms with Gasteiger partial charge in [-0.2, -0.15) is 0 Å². The largest absolute Gasteiger partial charge is 0.298 e. The maximum atomic E-state index is 12.6. The van der Waals surface area contributed by atoms with Crippen LogP contribution in [0.2, 0.25) is 0 Å². The molecule has 0 spiro atoms. The molecule has 1 saturated carbocycles. The van der Waals surface area contributed by atoms with Crippen LogP contribution in [0.15, 0.2) is 59.1 Å². The SMILES string of the molecule is O=C(Cc1ccc(Br)cc1)C1(c2ccccc2)CC1. The Morgan fingerprint density at radius 1 is 1.00 bits per heavy atom. The van der Waals surface area contributed by atoms with Crippen molar-refractivity contribution >= 4 is 21.7 Å². The number of ketones is 1. The van der Waals surface area contributed by atoms with E-state index in [9.17, 15) is 4.79 Å². The molecule has 0 amide bonds. The van der Waals surface area contributed by atoms with E-state index in [1.54, 1.807) is 0 Å². The minimum absolute atomic E-state index is 0.200. The Labute approximate surface area is 121 Å². The van der Waals surface area contributed by atoms with Crippen molar-refractivity contribution in [1.82, 2.24) is 0 Å². The lowest BCUT2D eigenvalue weighted by Gasteiger charge is -2.14. The molecule has 0 aliphatic heterocycles. The second-order valence-corrected chi connectivity index (χ2v) is 6.09. The summed E-state index contributed by atoms with van der Waals surface area (Å²) in [5.74, 6) is 0.348. The molecule has 0 N–H and O–H groups in total. The van der Waals surface area contributed by atoms with Crippen molar-refractivity contribution in [2.75, 3.05) is 0 Å². The first kappa shape index (κ1) is 12.6. The smallest absolute Gasteiger partial charge is 0.147 e. The molecule has 0 unspecified atom stereocenters. The normalized spacial score (nSPS) is 16.1. The van der Waals surface area contributed by atoms with Gasteiger partial charge in [-0.15, -0.1) is 0 Å². The molecule has 0 radical (unpaired) electrons. The van der Waals surface area contributed by atoms with E-state index in [0.717, 1.165) is 22.9 Å². The van der Waals surface area contributed by atoms with Crippen LogP contribution < -0.4 is 0 Å². The van der Waals surface area contributed by atoms with Crippen LogP contribution in [0.5, 0.6) is 0 Å². The fraction of sp³-hybridized carbons (Fsp3) is 0.235. The highest BCUT2D eigenvalue weighted by Crippen LogP contribution is 2.49. The van der Waals surface area contributed by atoms with E-state index in [0.29, 0.717) is 12.2 Å². The number of carbonyl (C=O) groups excluding carboxylic acids is 1. The number of carbonyl (C=O) groups is 1. The Balaban J connectivity index is 1.79. The van der Waals surface area contributed by atoms with Crippen molar-refractivity contribution in [3.8, 4) is 0 Å². The molecule has 1 nitrogen and oxygen atoms in total. The van der Waals surface area contributed by atoms with Crippen LogP contribution >= 0.6 is 15.9 Å². The van der Waals surface area contributed by atoms with Crippen LogP contribution in [0.3, 0.4) is 0 Å². The summed E-state index contributed by atoms with van der Waals surface area (Å²) < 4.78 is 1.05. The molecule has 1 aliphatic carbocycles. The van der Waals surface area contributed by atoms with Crippen molar-refractivity contribution in [1.29, 1.82) is 0 Å². The lowest BCUT2D eigenvalue weighted by atomic mass is 9.88. The van der Waals surface area contributed by atoms with E-state index >= 15 is 0 Å².